The Kier molecular flexibility index (Phi) is 4.09. The summed E-state index contributed by atoms with van der Waals surface area (Å²) in [5, 5.41) is 0. The summed E-state index contributed by atoms with van der Waals surface area (Å²) in [6, 6.07) is 7.56. The average molecular weight is 211 g/mol. The van der Waals surface area contributed by atoms with Gasteiger partial charge in [0, 0.05) is 13.0 Å². The van der Waals surface area contributed by atoms with Crippen LogP contribution in [0.1, 0.15) is 25.8 Å². The predicted molar refractivity (Wildman–Crippen MR) is 59.6 cm³/mol. The highest BCUT2D eigenvalue weighted by Gasteiger charge is 2.14. The lowest BCUT2D eigenvalue weighted by Crippen LogP contribution is -2.16. The molecule has 2 N–H and O–H groups in total. The van der Waals surface area contributed by atoms with E-state index in [9.17, 15) is 4.39 Å². The second-order valence-electron chi connectivity index (χ2n) is 4.17. The average Bonchev–Trinajstić information content (AvgIpc) is 2.16. The van der Waals surface area contributed by atoms with Gasteiger partial charge in [0.1, 0.15) is 11.4 Å². The van der Waals surface area contributed by atoms with Crippen LogP contribution < -0.4 is 10.5 Å². The van der Waals surface area contributed by atoms with Gasteiger partial charge in [0.05, 0.1) is 6.61 Å². The third-order valence-electron chi connectivity index (χ3n) is 2.10. The first-order valence-corrected chi connectivity index (χ1v) is 5.12. The molecular weight excluding hydrogens is 193 g/mol. The molecule has 1 rings (SSSR count). The summed E-state index contributed by atoms with van der Waals surface area (Å²) in [5.41, 5.74) is 5.35. The molecule has 0 saturated carbocycles. The van der Waals surface area contributed by atoms with Crippen LogP contribution in [0.2, 0.25) is 0 Å². The highest BCUT2D eigenvalue weighted by molar-refractivity contribution is 5.28. The second-order valence-corrected chi connectivity index (χ2v) is 4.17. The van der Waals surface area contributed by atoms with Crippen LogP contribution in [-0.4, -0.2) is 12.3 Å². The fraction of sp³-hybridized carbons (Fsp3) is 0.500. The Bertz CT molecular complexity index is 307. The summed E-state index contributed by atoms with van der Waals surface area (Å²) >= 11 is 0. The van der Waals surface area contributed by atoms with Crippen molar-refractivity contribution in [2.75, 3.05) is 6.61 Å². The molecule has 15 heavy (non-hydrogen) atoms. The van der Waals surface area contributed by atoms with E-state index < -0.39 is 5.67 Å². The molecule has 0 aliphatic heterocycles. The van der Waals surface area contributed by atoms with E-state index in [2.05, 4.69) is 0 Å². The van der Waals surface area contributed by atoms with Crippen molar-refractivity contribution in [1.82, 2.24) is 0 Å². The molecule has 0 amide bonds. The predicted octanol–water partition coefficient (Wildman–Crippen LogP) is 2.66. The molecule has 0 saturated heterocycles. The molecule has 0 radical (unpaired) electrons. The van der Waals surface area contributed by atoms with Gasteiger partial charge in [-0.15, -0.1) is 0 Å². The molecule has 0 aliphatic rings. The highest BCUT2D eigenvalue weighted by Crippen LogP contribution is 2.17. The van der Waals surface area contributed by atoms with Crippen molar-refractivity contribution in [3.63, 3.8) is 0 Å². The molecule has 2 nitrogen and oxygen atoms in total. The van der Waals surface area contributed by atoms with Crippen LogP contribution in [0.3, 0.4) is 0 Å². The molecule has 3 heteroatoms. The number of halogens is 1. The maximum atomic E-state index is 13.1. The number of hydrogen-bond donors (Lipinski definition) is 1. The number of nitrogens with two attached hydrogens (primary N) is 1. The smallest absolute Gasteiger partial charge is 0.119 e. The van der Waals surface area contributed by atoms with Gasteiger partial charge in [-0.05, 0) is 31.5 Å². The summed E-state index contributed by atoms with van der Waals surface area (Å²) < 4.78 is 18.6. The molecule has 0 unspecified atom stereocenters. The molecule has 0 spiro atoms. The lowest BCUT2D eigenvalue weighted by Gasteiger charge is -2.14. The molecule has 0 aliphatic carbocycles. The lowest BCUT2D eigenvalue weighted by atomic mass is 10.1. The normalized spacial score (nSPS) is 11.5. The van der Waals surface area contributed by atoms with Crippen molar-refractivity contribution in [2.24, 2.45) is 5.73 Å². The lowest BCUT2D eigenvalue weighted by molar-refractivity contribution is 0.161. The first-order chi connectivity index (χ1) is 7.01. The Balaban J connectivity index is 2.44. The quantitative estimate of drug-likeness (QED) is 0.812. The Hall–Kier alpha value is -1.09. The third-order valence-corrected chi connectivity index (χ3v) is 2.10. The number of rotatable bonds is 5. The van der Waals surface area contributed by atoms with Crippen LogP contribution in [-0.2, 0) is 6.54 Å². The Morgan fingerprint density at radius 1 is 1.40 bits per heavy atom. The zero-order valence-corrected chi connectivity index (χ0v) is 9.29. The van der Waals surface area contributed by atoms with Gasteiger partial charge < -0.3 is 10.5 Å². The van der Waals surface area contributed by atoms with Gasteiger partial charge in [-0.25, -0.2) is 4.39 Å². The standard InChI is InChI=1S/C12H18FNO/c1-12(2,13)6-7-15-11-5-3-4-10(8-11)9-14/h3-5,8H,6-7,9,14H2,1-2H3. The minimum Gasteiger partial charge on any atom is -0.493 e. The van der Waals surface area contributed by atoms with Gasteiger partial charge in [0.2, 0.25) is 0 Å². The summed E-state index contributed by atoms with van der Waals surface area (Å²) in [5.74, 6) is 0.752. The van der Waals surface area contributed by atoms with E-state index >= 15 is 0 Å². The minimum absolute atomic E-state index is 0.386. The molecule has 0 atom stereocenters. The maximum Gasteiger partial charge on any atom is 0.119 e. The zero-order chi connectivity index (χ0) is 11.3. The first kappa shape index (κ1) is 12.0. The monoisotopic (exact) mass is 211 g/mol. The second kappa shape index (κ2) is 5.12. The molecule has 0 bridgehead atoms. The summed E-state index contributed by atoms with van der Waals surface area (Å²) in [4.78, 5) is 0. The van der Waals surface area contributed by atoms with Crippen molar-refractivity contribution in [3.8, 4) is 5.75 Å². The van der Waals surface area contributed by atoms with Crippen LogP contribution in [0.15, 0.2) is 24.3 Å². The van der Waals surface area contributed by atoms with Crippen LogP contribution in [0.25, 0.3) is 0 Å². The highest BCUT2D eigenvalue weighted by atomic mass is 19.1. The summed E-state index contributed by atoms with van der Waals surface area (Å²) in [7, 11) is 0. The number of alkyl halides is 1. The van der Waals surface area contributed by atoms with E-state index in [-0.39, 0.29) is 0 Å². The van der Waals surface area contributed by atoms with Gasteiger partial charge in [-0.1, -0.05) is 12.1 Å². The number of hydrogen-bond acceptors (Lipinski definition) is 2. The van der Waals surface area contributed by atoms with Crippen LogP contribution in [0, 0.1) is 0 Å². The van der Waals surface area contributed by atoms with E-state index in [4.69, 9.17) is 10.5 Å². The topological polar surface area (TPSA) is 35.2 Å². The van der Waals surface area contributed by atoms with E-state index in [1.165, 1.54) is 0 Å². The SMILES string of the molecule is CC(C)(F)CCOc1cccc(CN)c1. The van der Waals surface area contributed by atoms with E-state index in [1.807, 2.05) is 24.3 Å². The minimum atomic E-state index is -1.18. The van der Waals surface area contributed by atoms with Crippen molar-refractivity contribution in [2.45, 2.75) is 32.5 Å². The van der Waals surface area contributed by atoms with Gasteiger partial charge in [0.15, 0.2) is 0 Å². The molecule has 0 fully saturated rings. The first-order valence-electron chi connectivity index (χ1n) is 5.12. The van der Waals surface area contributed by atoms with E-state index in [0.29, 0.717) is 19.6 Å². The van der Waals surface area contributed by atoms with Gasteiger partial charge in [-0.2, -0.15) is 0 Å². The Morgan fingerprint density at radius 2 is 2.13 bits per heavy atom. The van der Waals surface area contributed by atoms with E-state index in [1.54, 1.807) is 13.8 Å². The largest absolute Gasteiger partial charge is 0.493 e. The van der Waals surface area contributed by atoms with Crippen LogP contribution >= 0.6 is 0 Å². The van der Waals surface area contributed by atoms with Gasteiger partial charge >= 0.3 is 0 Å². The molecule has 1 aromatic rings. The van der Waals surface area contributed by atoms with Gasteiger partial charge in [0.25, 0.3) is 0 Å². The molecule has 0 aromatic heterocycles. The van der Waals surface area contributed by atoms with Crippen LogP contribution in [0.4, 0.5) is 4.39 Å². The molecule has 0 heterocycles. The fourth-order valence-corrected chi connectivity index (χ4v) is 1.17. The maximum absolute atomic E-state index is 13.1. The van der Waals surface area contributed by atoms with Crippen molar-refractivity contribution in [3.05, 3.63) is 29.8 Å². The molecule has 1 aromatic carbocycles. The molecular formula is C12H18FNO. The fourth-order valence-electron chi connectivity index (χ4n) is 1.17. The number of benzene rings is 1. The third kappa shape index (κ3) is 4.79. The summed E-state index contributed by atoms with van der Waals surface area (Å²) in [6.45, 7) is 3.97. The van der Waals surface area contributed by atoms with E-state index in [0.717, 1.165) is 11.3 Å². The zero-order valence-electron chi connectivity index (χ0n) is 9.29. The Morgan fingerprint density at radius 3 is 2.73 bits per heavy atom. The van der Waals surface area contributed by atoms with Gasteiger partial charge in [-0.3, -0.25) is 0 Å². The Labute approximate surface area is 90.2 Å². The van der Waals surface area contributed by atoms with Crippen molar-refractivity contribution >= 4 is 0 Å². The van der Waals surface area contributed by atoms with Crippen molar-refractivity contribution < 1.29 is 9.13 Å². The van der Waals surface area contributed by atoms with Crippen LogP contribution in [0.5, 0.6) is 5.75 Å². The number of ether oxygens (including phenoxy) is 1. The summed E-state index contributed by atoms with van der Waals surface area (Å²) in [6.07, 6.45) is 0.389. The molecule has 84 valence electrons. The van der Waals surface area contributed by atoms with Crippen molar-refractivity contribution in [1.29, 1.82) is 0 Å².